The Hall–Kier alpha value is -1.85. The zero-order chi connectivity index (χ0) is 16.2. The minimum Gasteiger partial charge on any atom is -0.480 e. The fourth-order valence-electron chi connectivity index (χ4n) is 2.05. The average Bonchev–Trinajstić information content (AvgIpc) is 2.61. The number of amides is 1. The Bertz CT molecular complexity index is 515. The summed E-state index contributed by atoms with van der Waals surface area (Å²) in [4.78, 5) is 23.2. The van der Waals surface area contributed by atoms with Gasteiger partial charge in [-0.2, -0.15) is 5.10 Å². The number of rotatable bonds is 6. The zero-order valence-corrected chi connectivity index (χ0v) is 13.4. The number of hydrogen-bond donors (Lipinski definition) is 2. The van der Waals surface area contributed by atoms with Crippen LogP contribution in [0.25, 0.3) is 0 Å². The molecule has 6 nitrogen and oxygen atoms in total. The summed E-state index contributed by atoms with van der Waals surface area (Å²) < 4.78 is 1.58. The minimum absolute atomic E-state index is 0.0358. The van der Waals surface area contributed by atoms with Crippen LogP contribution in [0.15, 0.2) is 6.07 Å². The highest BCUT2D eigenvalue weighted by Gasteiger charge is 2.23. The molecule has 1 unspecified atom stereocenters. The molecule has 6 heteroatoms. The van der Waals surface area contributed by atoms with E-state index in [2.05, 4.69) is 10.4 Å². The molecule has 0 saturated heterocycles. The molecule has 118 valence electrons. The van der Waals surface area contributed by atoms with Gasteiger partial charge < -0.3 is 10.4 Å². The number of carboxylic acid groups (broad SMARTS) is 1. The summed E-state index contributed by atoms with van der Waals surface area (Å²) >= 11 is 0. The summed E-state index contributed by atoms with van der Waals surface area (Å²) in [6, 6.07) is 1.02. The average molecular weight is 295 g/mol. The van der Waals surface area contributed by atoms with E-state index in [0.29, 0.717) is 6.42 Å². The van der Waals surface area contributed by atoms with Crippen molar-refractivity contribution in [1.82, 2.24) is 15.1 Å². The summed E-state index contributed by atoms with van der Waals surface area (Å²) in [7, 11) is 0. The number of hydrogen-bond acceptors (Lipinski definition) is 3. The molecule has 0 aliphatic rings. The molecule has 1 rings (SSSR count). The van der Waals surface area contributed by atoms with Crippen molar-refractivity contribution in [3.05, 3.63) is 17.5 Å². The van der Waals surface area contributed by atoms with Gasteiger partial charge in [0.1, 0.15) is 12.6 Å². The van der Waals surface area contributed by atoms with Gasteiger partial charge in [-0.1, -0.05) is 20.8 Å². The molecule has 0 saturated carbocycles. The molecule has 0 aliphatic carbocycles. The molecule has 1 amide bonds. The summed E-state index contributed by atoms with van der Waals surface area (Å²) in [6.07, 6.45) is 1.14. The fraction of sp³-hybridized carbons (Fsp3) is 0.667. The molecule has 0 spiro atoms. The van der Waals surface area contributed by atoms with Gasteiger partial charge in [0.2, 0.25) is 5.91 Å². The smallest absolute Gasteiger partial charge is 0.326 e. The molecule has 21 heavy (non-hydrogen) atoms. The van der Waals surface area contributed by atoms with Crippen molar-refractivity contribution in [2.75, 3.05) is 0 Å². The normalized spacial score (nSPS) is 13.0. The van der Waals surface area contributed by atoms with Gasteiger partial charge in [0.05, 0.1) is 5.69 Å². The van der Waals surface area contributed by atoms with E-state index in [4.69, 9.17) is 0 Å². The van der Waals surface area contributed by atoms with Gasteiger partial charge in [0.15, 0.2) is 0 Å². The second-order valence-electron chi connectivity index (χ2n) is 6.64. The molecular formula is C15H25N3O3. The first-order valence-electron chi connectivity index (χ1n) is 7.12. The van der Waals surface area contributed by atoms with Gasteiger partial charge >= 0.3 is 5.97 Å². The van der Waals surface area contributed by atoms with E-state index < -0.39 is 12.0 Å². The molecule has 2 N–H and O–H groups in total. The first-order chi connectivity index (χ1) is 9.58. The molecule has 0 aromatic carbocycles. The predicted octanol–water partition coefficient (Wildman–Crippen LogP) is 1.90. The summed E-state index contributed by atoms with van der Waals surface area (Å²) in [6.45, 7) is 9.89. The van der Waals surface area contributed by atoms with Gasteiger partial charge in [0, 0.05) is 5.69 Å². The lowest BCUT2D eigenvalue weighted by atomic mass is 9.88. The lowest BCUT2D eigenvalue weighted by Crippen LogP contribution is -2.43. The van der Waals surface area contributed by atoms with Crippen molar-refractivity contribution in [2.45, 2.75) is 60.0 Å². The van der Waals surface area contributed by atoms with Crippen molar-refractivity contribution < 1.29 is 14.7 Å². The summed E-state index contributed by atoms with van der Waals surface area (Å²) in [5, 5.41) is 16.0. The summed E-state index contributed by atoms with van der Waals surface area (Å²) in [5.41, 5.74) is 1.75. The third kappa shape index (κ3) is 5.97. The predicted molar refractivity (Wildman–Crippen MR) is 80.0 cm³/mol. The summed E-state index contributed by atoms with van der Waals surface area (Å²) in [5.74, 6) is -1.33. The van der Waals surface area contributed by atoms with Gasteiger partial charge in [-0.15, -0.1) is 0 Å². The van der Waals surface area contributed by atoms with E-state index in [1.807, 2.05) is 40.7 Å². The molecule has 1 aromatic heterocycles. The molecule has 0 bridgehead atoms. The molecule has 1 aromatic rings. The van der Waals surface area contributed by atoms with Gasteiger partial charge in [-0.25, -0.2) is 4.79 Å². The number of carbonyl (C=O) groups excluding carboxylic acids is 1. The minimum atomic E-state index is -0.999. The van der Waals surface area contributed by atoms with Crippen LogP contribution in [0, 0.1) is 19.3 Å². The van der Waals surface area contributed by atoms with Gasteiger partial charge in [-0.3, -0.25) is 9.48 Å². The van der Waals surface area contributed by atoms with Crippen LogP contribution in [0.4, 0.5) is 0 Å². The number of nitrogens with one attached hydrogen (secondary N) is 1. The Morgan fingerprint density at radius 1 is 1.38 bits per heavy atom. The highest BCUT2D eigenvalue weighted by molar-refractivity contribution is 5.83. The topological polar surface area (TPSA) is 84.2 Å². The maximum Gasteiger partial charge on any atom is 0.326 e. The Kier molecular flexibility index (Phi) is 5.52. The third-order valence-electron chi connectivity index (χ3n) is 3.21. The number of carboxylic acids is 1. The SMILES string of the molecule is Cc1cc(C)n(CC(=O)NC(CCC(C)(C)C)C(=O)O)n1. The highest BCUT2D eigenvalue weighted by Crippen LogP contribution is 2.21. The molecule has 1 atom stereocenters. The van der Waals surface area contributed by atoms with E-state index in [-0.39, 0.29) is 17.9 Å². The van der Waals surface area contributed by atoms with E-state index in [1.54, 1.807) is 4.68 Å². The van der Waals surface area contributed by atoms with E-state index in [9.17, 15) is 14.7 Å². The van der Waals surface area contributed by atoms with E-state index in [1.165, 1.54) is 0 Å². The van der Waals surface area contributed by atoms with Crippen LogP contribution in [-0.2, 0) is 16.1 Å². The second-order valence-corrected chi connectivity index (χ2v) is 6.64. The van der Waals surface area contributed by atoms with Crippen molar-refractivity contribution in [3.63, 3.8) is 0 Å². The van der Waals surface area contributed by atoms with Crippen LogP contribution in [-0.4, -0.2) is 32.8 Å². The Morgan fingerprint density at radius 2 is 2.00 bits per heavy atom. The molecule has 0 radical (unpaired) electrons. The highest BCUT2D eigenvalue weighted by atomic mass is 16.4. The molecular weight excluding hydrogens is 270 g/mol. The maximum absolute atomic E-state index is 12.0. The van der Waals surface area contributed by atoms with Crippen LogP contribution >= 0.6 is 0 Å². The van der Waals surface area contributed by atoms with Gasteiger partial charge in [0.25, 0.3) is 0 Å². The van der Waals surface area contributed by atoms with Crippen molar-refractivity contribution in [3.8, 4) is 0 Å². The second kappa shape index (κ2) is 6.74. The van der Waals surface area contributed by atoms with Crippen molar-refractivity contribution in [2.24, 2.45) is 5.41 Å². The lowest BCUT2D eigenvalue weighted by Gasteiger charge is -2.21. The van der Waals surface area contributed by atoms with Crippen LogP contribution in [0.3, 0.4) is 0 Å². The van der Waals surface area contributed by atoms with Crippen molar-refractivity contribution in [1.29, 1.82) is 0 Å². The van der Waals surface area contributed by atoms with Crippen LogP contribution in [0.2, 0.25) is 0 Å². The zero-order valence-electron chi connectivity index (χ0n) is 13.4. The van der Waals surface area contributed by atoms with Crippen LogP contribution < -0.4 is 5.32 Å². The molecule has 0 aliphatic heterocycles. The first kappa shape index (κ1) is 17.2. The Labute approximate surface area is 125 Å². The number of aliphatic carboxylic acids is 1. The van der Waals surface area contributed by atoms with E-state index >= 15 is 0 Å². The number of aryl methyl sites for hydroxylation is 2. The van der Waals surface area contributed by atoms with Crippen LogP contribution in [0.1, 0.15) is 45.0 Å². The lowest BCUT2D eigenvalue weighted by molar-refractivity contribution is -0.142. The van der Waals surface area contributed by atoms with Gasteiger partial charge in [-0.05, 0) is 38.2 Å². The first-order valence-corrected chi connectivity index (χ1v) is 7.12. The quantitative estimate of drug-likeness (QED) is 0.839. The van der Waals surface area contributed by atoms with Crippen LogP contribution in [0.5, 0.6) is 0 Å². The van der Waals surface area contributed by atoms with E-state index in [0.717, 1.165) is 17.8 Å². The largest absolute Gasteiger partial charge is 0.480 e. The monoisotopic (exact) mass is 295 g/mol. The maximum atomic E-state index is 12.0. The van der Waals surface area contributed by atoms with Crippen molar-refractivity contribution >= 4 is 11.9 Å². The standard InChI is InChI=1S/C15H25N3O3/c1-10-8-11(2)18(17-10)9-13(19)16-12(14(20)21)6-7-15(3,4)5/h8,12H,6-7,9H2,1-5H3,(H,16,19)(H,20,21). The number of carbonyl (C=O) groups is 2. The number of nitrogens with zero attached hydrogens (tertiary/aromatic N) is 2. The Balaban J connectivity index is 2.60. The third-order valence-corrected chi connectivity index (χ3v) is 3.21. The fourth-order valence-corrected chi connectivity index (χ4v) is 2.05. The molecule has 0 fully saturated rings. The number of aromatic nitrogens is 2. The molecule has 1 heterocycles. The Morgan fingerprint density at radius 3 is 2.43 bits per heavy atom.